The second kappa shape index (κ2) is 4.88. The van der Waals surface area contributed by atoms with Crippen molar-refractivity contribution >= 4 is 11.3 Å². The van der Waals surface area contributed by atoms with E-state index in [2.05, 4.69) is 4.98 Å². The smallest absolute Gasteiger partial charge is 0.237 e. The van der Waals surface area contributed by atoms with Crippen LogP contribution >= 0.6 is 11.3 Å². The zero-order chi connectivity index (χ0) is 14.2. The van der Waals surface area contributed by atoms with Crippen molar-refractivity contribution in [3.05, 3.63) is 51.0 Å². The van der Waals surface area contributed by atoms with Crippen LogP contribution in [0.3, 0.4) is 0 Å². The average Bonchev–Trinajstić information content (AvgIpc) is 2.63. The number of hydrogen-bond donors (Lipinski definition) is 0. The summed E-state index contributed by atoms with van der Waals surface area (Å²) >= 11 is 0.857. The number of aryl methyl sites for hydroxylation is 1. The number of halogens is 5. The van der Waals surface area contributed by atoms with Gasteiger partial charge in [-0.05, 0) is 18.6 Å². The van der Waals surface area contributed by atoms with Gasteiger partial charge >= 0.3 is 6.18 Å². The molecule has 0 aliphatic rings. The van der Waals surface area contributed by atoms with Crippen molar-refractivity contribution in [2.75, 3.05) is 0 Å². The van der Waals surface area contributed by atoms with Crippen LogP contribution in [0.4, 0.5) is 22.0 Å². The van der Waals surface area contributed by atoms with E-state index in [1.54, 1.807) is 0 Å². The molecule has 1 nitrogen and oxygen atoms in total. The first-order valence-electron chi connectivity index (χ1n) is 5.25. The molecule has 0 aliphatic heterocycles. The lowest BCUT2D eigenvalue weighted by atomic mass is 10.1. The van der Waals surface area contributed by atoms with Gasteiger partial charge in [0.2, 0.25) is 0 Å². The lowest BCUT2D eigenvalue weighted by Crippen LogP contribution is -2.09. The fourth-order valence-electron chi connectivity index (χ4n) is 1.65. The molecule has 0 saturated carbocycles. The van der Waals surface area contributed by atoms with E-state index in [0.29, 0.717) is 6.07 Å². The van der Waals surface area contributed by atoms with Gasteiger partial charge in [0.25, 0.3) is 0 Å². The molecule has 2 aromatic rings. The molecule has 1 heterocycles. The zero-order valence-electron chi connectivity index (χ0n) is 9.68. The Balaban J connectivity index is 2.38. The number of alkyl halides is 3. The van der Waals surface area contributed by atoms with Crippen molar-refractivity contribution < 1.29 is 22.0 Å². The van der Waals surface area contributed by atoms with Crippen LogP contribution in [0, 0.1) is 18.6 Å². The van der Waals surface area contributed by atoms with Crippen LogP contribution in [0.15, 0.2) is 18.2 Å². The largest absolute Gasteiger partial charge is 0.434 e. The predicted molar refractivity (Wildman–Crippen MR) is 61.0 cm³/mol. The molecule has 0 saturated heterocycles. The lowest BCUT2D eigenvalue weighted by Gasteiger charge is -2.07. The Morgan fingerprint density at radius 3 is 2.47 bits per heavy atom. The van der Waals surface area contributed by atoms with Crippen LogP contribution in [0.5, 0.6) is 0 Å². The van der Waals surface area contributed by atoms with E-state index in [-0.39, 0.29) is 21.9 Å². The molecule has 0 N–H and O–H groups in total. The normalized spacial score (nSPS) is 11.9. The van der Waals surface area contributed by atoms with Crippen LogP contribution in [0.25, 0.3) is 0 Å². The summed E-state index contributed by atoms with van der Waals surface area (Å²) in [4.78, 5) is 3.35. The molecule has 102 valence electrons. The van der Waals surface area contributed by atoms with Gasteiger partial charge in [-0.25, -0.2) is 13.8 Å². The molecule has 0 aliphatic carbocycles. The number of thiazole rings is 1. The fourth-order valence-corrected chi connectivity index (χ4v) is 2.63. The molecule has 0 radical (unpaired) electrons. The molecule has 0 amide bonds. The highest BCUT2D eigenvalue weighted by Crippen LogP contribution is 2.35. The molecule has 19 heavy (non-hydrogen) atoms. The van der Waals surface area contributed by atoms with Gasteiger partial charge in [-0.3, -0.25) is 0 Å². The quantitative estimate of drug-likeness (QED) is 0.751. The Labute approximate surface area is 109 Å². The Morgan fingerprint density at radius 2 is 1.89 bits per heavy atom. The summed E-state index contributed by atoms with van der Waals surface area (Å²) in [7, 11) is 0. The van der Waals surface area contributed by atoms with Crippen molar-refractivity contribution in [1.29, 1.82) is 0 Å². The Morgan fingerprint density at radius 1 is 1.21 bits per heavy atom. The maximum Gasteiger partial charge on any atom is 0.434 e. The molecular weight excluding hydrogens is 285 g/mol. The first kappa shape index (κ1) is 13.9. The van der Waals surface area contributed by atoms with Gasteiger partial charge in [-0.2, -0.15) is 13.2 Å². The summed E-state index contributed by atoms with van der Waals surface area (Å²) in [5.41, 5.74) is -0.991. The second-order valence-electron chi connectivity index (χ2n) is 3.91. The topological polar surface area (TPSA) is 12.9 Å². The number of benzene rings is 1. The maximum atomic E-state index is 13.4. The second-order valence-corrected chi connectivity index (χ2v) is 5.20. The lowest BCUT2D eigenvalue weighted by molar-refractivity contribution is -0.141. The van der Waals surface area contributed by atoms with Gasteiger partial charge in [0, 0.05) is 17.4 Å². The summed E-state index contributed by atoms with van der Waals surface area (Å²) in [5, 5.41) is 0.254. The molecule has 0 atom stereocenters. The molecule has 2 rings (SSSR count). The van der Waals surface area contributed by atoms with Gasteiger partial charge in [-0.15, -0.1) is 11.3 Å². The molecule has 0 bridgehead atoms. The number of rotatable bonds is 2. The third-order valence-electron chi connectivity index (χ3n) is 2.44. The highest BCUT2D eigenvalue weighted by molar-refractivity contribution is 7.11. The van der Waals surface area contributed by atoms with Crippen molar-refractivity contribution in [3.63, 3.8) is 0 Å². The van der Waals surface area contributed by atoms with Crippen molar-refractivity contribution in [2.45, 2.75) is 19.5 Å². The minimum Gasteiger partial charge on any atom is -0.237 e. The molecule has 7 heteroatoms. The summed E-state index contributed by atoms with van der Waals surface area (Å²) < 4.78 is 64.3. The third-order valence-corrected chi connectivity index (χ3v) is 3.41. The van der Waals surface area contributed by atoms with Gasteiger partial charge in [-0.1, -0.05) is 6.07 Å². The molecule has 1 aromatic heterocycles. The van der Waals surface area contributed by atoms with E-state index in [1.165, 1.54) is 6.92 Å². The summed E-state index contributed by atoms with van der Waals surface area (Å²) in [6, 6.07) is 2.80. The van der Waals surface area contributed by atoms with Crippen LogP contribution in [0.2, 0.25) is 0 Å². The summed E-state index contributed by atoms with van der Waals surface area (Å²) in [5.74, 6) is -1.63. The van der Waals surface area contributed by atoms with Gasteiger partial charge < -0.3 is 0 Å². The molecule has 0 unspecified atom stereocenters. The number of aromatic nitrogens is 1. The van der Waals surface area contributed by atoms with Crippen LogP contribution in [-0.4, -0.2) is 4.98 Å². The standard InChI is InChI=1S/C12H8F5NS/c1-6-18-11(12(15,16)17)10(19-6)4-7-2-3-8(13)5-9(7)14/h2-3,5H,4H2,1H3. The highest BCUT2D eigenvalue weighted by Gasteiger charge is 2.37. The summed E-state index contributed by atoms with van der Waals surface area (Å²) in [6.07, 6.45) is -4.83. The maximum absolute atomic E-state index is 13.4. The Bertz CT molecular complexity index is 603. The first-order chi connectivity index (χ1) is 8.77. The molecular formula is C12H8F5NS. The van der Waals surface area contributed by atoms with Gasteiger partial charge in [0.15, 0.2) is 5.69 Å². The van der Waals surface area contributed by atoms with E-state index in [4.69, 9.17) is 0 Å². The number of hydrogen-bond acceptors (Lipinski definition) is 2. The fraction of sp³-hybridized carbons (Fsp3) is 0.250. The van der Waals surface area contributed by atoms with Gasteiger partial charge in [0.1, 0.15) is 11.6 Å². The zero-order valence-corrected chi connectivity index (χ0v) is 10.5. The van der Waals surface area contributed by atoms with Crippen molar-refractivity contribution in [2.24, 2.45) is 0 Å². The molecule has 0 fully saturated rings. The third kappa shape index (κ3) is 3.09. The first-order valence-corrected chi connectivity index (χ1v) is 6.06. The monoisotopic (exact) mass is 293 g/mol. The highest BCUT2D eigenvalue weighted by atomic mass is 32.1. The van der Waals surface area contributed by atoms with Crippen LogP contribution in [-0.2, 0) is 12.6 Å². The van der Waals surface area contributed by atoms with E-state index in [0.717, 1.165) is 23.5 Å². The predicted octanol–water partition coefficient (Wildman–Crippen LogP) is 4.34. The SMILES string of the molecule is Cc1nc(C(F)(F)F)c(Cc2ccc(F)cc2F)s1. The Hall–Kier alpha value is -1.50. The minimum absolute atomic E-state index is 0.00977. The van der Waals surface area contributed by atoms with E-state index >= 15 is 0 Å². The number of nitrogens with zero attached hydrogens (tertiary/aromatic N) is 1. The average molecular weight is 293 g/mol. The van der Waals surface area contributed by atoms with Crippen molar-refractivity contribution in [3.8, 4) is 0 Å². The van der Waals surface area contributed by atoms with Gasteiger partial charge in [0.05, 0.1) is 5.01 Å². The Kier molecular flexibility index (Phi) is 3.58. The van der Waals surface area contributed by atoms with Crippen molar-refractivity contribution in [1.82, 2.24) is 4.98 Å². The molecule has 1 aromatic carbocycles. The van der Waals surface area contributed by atoms with E-state index in [9.17, 15) is 22.0 Å². The van der Waals surface area contributed by atoms with Crippen LogP contribution < -0.4 is 0 Å². The summed E-state index contributed by atoms with van der Waals surface area (Å²) in [6.45, 7) is 1.45. The van der Waals surface area contributed by atoms with Crippen LogP contribution in [0.1, 0.15) is 21.1 Å². The van der Waals surface area contributed by atoms with E-state index in [1.807, 2.05) is 0 Å². The minimum atomic E-state index is -4.57. The van der Waals surface area contributed by atoms with E-state index < -0.39 is 23.5 Å². The molecule has 0 spiro atoms.